The van der Waals surface area contributed by atoms with Gasteiger partial charge in [0.25, 0.3) is 5.91 Å². The number of nitrogens with one attached hydrogen (secondary N) is 2. The molecule has 0 atom stereocenters. The number of carbonyl (C=O) groups excluding carboxylic acids is 2. The molecule has 0 saturated heterocycles. The number of anilines is 1. The first-order valence-corrected chi connectivity index (χ1v) is 7.98. The number of rotatable bonds is 5. The van der Waals surface area contributed by atoms with Gasteiger partial charge in [0.1, 0.15) is 11.4 Å². The van der Waals surface area contributed by atoms with Crippen LogP contribution in [0.4, 0.5) is 5.69 Å². The summed E-state index contributed by atoms with van der Waals surface area (Å²) < 4.78 is 5.09. The first-order valence-electron chi connectivity index (χ1n) is 7.98. The highest BCUT2D eigenvalue weighted by Gasteiger charge is 2.16. The Kier molecular flexibility index (Phi) is 5.75. The van der Waals surface area contributed by atoms with E-state index in [9.17, 15) is 9.59 Å². The van der Waals surface area contributed by atoms with Crippen LogP contribution in [0.2, 0.25) is 0 Å². The predicted octanol–water partition coefficient (Wildman–Crippen LogP) is 2.80. The molecule has 0 spiro atoms. The first-order chi connectivity index (χ1) is 11.8. The van der Waals surface area contributed by atoms with Crippen LogP contribution in [0.1, 0.15) is 36.8 Å². The van der Waals surface area contributed by atoms with Crippen molar-refractivity contribution < 1.29 is 14.3 Å². The van der Waals surface area contributed by atoms with Gasteiger partial charge in [-0.05, 0) is 50.6 Å². The van der Waals surface area contributed by atoms with Crippen LogP contribution in [-0.2, 0) is 11.2 Å². The molecule has 0 aliphatic rings. The Balaban J connectivity index is 2.00. The van der Waals surface area contributed by atoms with Crippen molar-refractivity contribution in [2.24, 2.45) is 0 Å². The number of aromatic nitrogens is 1. The van der Waals surface area contributed by atoms with Crippen molar-refractivity contribution in [3.8, 4) is 5.75 Å². The second-order valence-electron chi connectivity index (χ2n) is 6.71. The number of pyridine rings is 1. The van der Waals surface area contributed by atoms with E-state index in [1.165, 1.54) is 6.20 Å². The van der Waals surface area contributed by atoms with Gasteiger partial charge in [0.2, 0.25) is 5.91 Å². The van der Waals surface area contributed by atoms with Crippen LogP contribution in [0.5, 0.6) is 5.75 Å². The topological polar surface area (TPSA) is 80.3 Å². The van der Waals surface area contributed by atoms with Crippen LogP contribution in [-0.4, -0.2) is 29.4 Å². The summed E-state index contributed by atoms with van der Waals surface area (Å²) in [6.07, 6.45) is 1.73. The van der Waals surface area contributed by atoms with Crippen molar-refractivity contribution in [2.75, 3.05) is 12.4 Å². The first kappa shape index (κ1) is 18.4. The normalized spacial score (nSPS) is 10.9. The number of nitrogens with zero attached hydrogens (tertiary/aromatic N) is 1. The predicted molar refractivity (Wildman–Crippen MR) is 96.8 cm³/mol. The van der Waals surface area contributed by atoms with Crippen molar-refractivity contribution in [1.82, 2.24) is 10.3 Å². The number of hydrogen-bond donors (Lipinski definition) is 2. The molecule has 2 N–H and O–H groups in total. The summed E-state index contributed by atoms with van der Waals surface area (Å²) in [4.78, 5) is 28.4. The molecule has 2 aromatic rings. The largest absolute Gasteiger partial charge is 0.497 e. The zero-order chi connectivity index (χ0) is 18.4. The number of benzene rings is 1. The second-order valence-corrected chi connectivity index (χ2v) is 6.71. The van der Waals surface area contributed by atoms with Gasteiger partial charge in [-0.15, -0.1) is 0 Å². The van der Waals surface area contributed by atoms with Gasteiger partial charge in [-0.3, -0.25) is 14.6 Å². The molecule has 0 unspecified atom stereocenters. The molecule has 0 bridgehead atoms. The Morgan fingerprint density at radius 3 is 2.40 bits per heavy atom. The summed E-state index contributed by atoms with van der Waals surface area (Å²) in [5.41, 5.74) is 1.31. The van der Waals surface area contributed by atoms with E-state index in [4.69, 9.17) is 4.74 Å². The Hall–Kier alpha value is -2.89. The fourth-order valence-corrected chi connectivity index (χ4v) is 2.17. The Bertz CT molecular complexity index is 749. The number of ether oxygens (including phenoxy) is 1. The van der Waals surface area contributed by atoms with Crippen molar-refractivity contribution in [1.29, 1.82) is 0 Å². The SMILES string of the molecule is COc1ccc(CC(=O)Nc2ccnc(C(=O)NC(C)(C)C)c2)cc1. The smallest absolute Gasteiger partial charge is 0.270 e. The molecule has 1 aromatic heterocycles. The zero-order valence-electron chi connectivity index (χ0n) is 14.9. The lowest BCUT2D eigenvalue weighted by atomic mass is 10.1. The molecule has 0 fully saturated rings. The van der Waals surface area contributed by atoms with Gasteiger partial charge in [-0.2, -0.15) is 0 Å². The molecule has 2 rings (SSSR count). The third kappa shape index (κ3) is 5.91. The van der Waals surface area contributed by atoms with Gasteiger partial charge in [-0.1, -0.05) is 12.1 Å². The fourth-order valence-electron chi connectivity index (χ4n) is 2.17. The van der Waals surface area contributed by atoms with E-state index < -0.39 is 0 Å². The van der Waals surface area contributed by atoms with Gasteiger partial charge >= 0.3 is 0 Å². The lowest BCUT2D eigenvalue weighted by Gasteiger charge is -2.20. The molecule has 132 valence electrons. The zero-order valence-corrected chi connectivity index (χ0v) is 14.9. The standard InChI is InChI=1S/C19H23N3O3/c1-19(2,3)22-18(24)16-12-14(9-10-20-16)21-17(23)11-13-5-7-15(25-4)8-6-13/h5-10,12H,11H2,1-4H3,(H,22,24)(H,20,21,23). The van der Waals surface area contributed by atoms with Gasteiger partial charge in [0, 0.05) is 17.4 Å². The van der Waals surface area contributed by atoms with Crippen LogP contribution in [0.25, 0.3) is 0 Å². The number of hydrogen-bond acceptors (Lipinski definition) is 4. The van der Waals surface area contributed by atoms with E-state index >= 15 is 0 Å². The molecule has 0 aliphatic carbocycles. The number of carbonyl (C=O) groups is 2. The van der Waals surface area contributed by atoms with Crippen LogP contribution >= 0.6 is 0 Å². The molecule has 0 saturated carbocycles. The fraction of sp³-hybridized carbons (Fsp3) is 0.316. The molecule has 1 aromatic carbocycles. The molecular weight excluding hydrogens is 318 g/mol. The molecular formula is C19H23N3O3. The molecule has 25 heavy (non-hydrogen) atoms. The summed E-state index contributed by atoms with van der Waals surface area (Å²) in [5, 5.41) is 5.63. The van der Waals surface area contributed by atoms with E-state index in [1.807, 2.05) is 45.0 Å². The van der Waals surface area contributed by atoms with E-state index in [-0.39, 0.29) is 29.5 Å². The lowest BCUT2D eigenvalue weighted by Crippen LogP contribution is -2.40. The van der Waals surface area contributed by atoms with Crippen LogP contribution in [0.15, 0.2) is 42.6 Å². The summed E-state index contributed by atoms with van der Waals surface area (Å²) in [5.74, 6) is 0.296. The Morgan fingerprint density at radius 1 is 1.12 bits per heavy atom. The quantitative estimate of drug-likeness (QED) is 0.876. The lowest BCUT2D eigenvalue weighted by molar-refractivity contribution is -0.115. The van der Waals surface area contributed by atoms with Crippen molar-refractivity contribution in [2.45, 2.75) is 32.7 Å². The molecule has 0 aliphatic heterocycles. The summed E-state index contributed by atoms with van der Waals surface area (Å²) in [7, 11) is 1.60. The van der Waals surface area contributed by atoms with E-state index in [0.29, 0.717) is 5.69 Å². The average Bonchev–Trinajstić information content (AvgIpc) is 2.54. The summed E-state index contributed by atoms with van der Waals surface area (Å²) >= 11 is 0. The third-order valence-electron chi connectivity index (χ3n) is 3.29. The average molecular weight is 341 g/mol. The minimum atomic E-state index is -0.355. The van der Waals surface area contributed by atoms with Gasteiger partial charge < -0.3 is 15.4 Å². The molecule has 2 amide bonds. The van der Waals surface area contributed by atoms with Gasteiger partial charge in [-0.25, -0.2) is 0 Å². The third-order valence-corrected chi connectivity index (χ3v) is 3.29. The Morgan fingerprint density at radius 2 is 1.80 bits per heavy atom. The highest BCUT2D eigenvalue weighted by atomic mass is 16.5. The van der Waals surface area contributed by atoms with E-state index in [1.54, 1.807) is 19.2 Å². The van der Waals surface area contributed by atoms with Crippen LogP contribution in [0.3, 0.4) is 0 Å². The van der Waals surface area contributed by atoms with Crippen LogP contribution in [0, 0.1) is 0 Å². The Labute approximate surface area is 147 Å². The maximum Gasteiger partial charge on any atom is 0.270 e. The highest BCUT2D eigenvalue weighted by Crippen LogP contribution is 2.13. The number of amides is 2. The highest BCUT2D eigenvalue weighted by molar-refractivity contribution is 5.96. The molecule has 6 nitrogen and oxygen atoms in total. The van der Waals surface area contributed by atoms with Gasteiger partial charge in [0.05, 0.1) is 13.5 Å². The van der Waals surface area contributed by atoms with E-state index in [2.05, 4.69) is 15.6 Å². The number of methoxy groups -OCH3 is 1. The maximum absolute atomic E-state index is 12.2. The second kappa shape index (κ2) is 7.79. The molecule has 0 radical (unpaired) electrons. The van der Waals surface area contributed by atoms with Crippen molar-refractivity contribution >= 4 is 17.5 Å². The molecule has 6 heteroatoms. The minimum absolute atomic E-state index is 0.168. The van der Waals surface area contributed by atoms with E-state index in [0.717, 1.165) is 11.3 Å². The maximum atomic E-state index is 12.2. The van der Waals surface area contributed by atoms with Crippen LogP contribution < -0.4 is 15.4 Å². The van der Waals surface area contributed by atoms with Crippen molar-refractivity contribution in [3.05, 3.63) is 53.9 Å². The molecule has 1 heterocycles. The minimum Gasteiger partial charge on any atom is -0.497 e. The monoisotopic (exact) mass is 341 g/mol. The van der Waals surface area contributed by atoms with Crippen molar-refractivity contribution in [3.63, 3.8) is 0 Å². The summed E-state index contributed by atoms with van der Waals surface area (Å²) in [6, 6.07) is 10.5. The summed E-state index contributed by atoms with van der Waals surface area (Å²) in [6.45, 7) is 5.68. The van der Waals surface area contributed by atoms with Gasteiger partial charge in [0.15, 0.2) is 0 Å².